The Morgan fingerprint density at radius 3 is 2.71 bits per heavy atom. The Hall–Kier alpha value is -1.40. The number of anilines is 2. The van der Waals surface area contributed by atoms with E-state index in [1.54, 1.807) is 14.2 Å². The van der Waals surface area contributed by atoms with E-state index in [1.807, 2.05) is 13.1 Å². The highest BCUT2D eigenvalue weighted by Gasteiger charge is 2.18. The summed E-state index contributed by atoms with van der Waals surface area (Å²) in [5.74, 6) is 1.61. The zero-order chi connectivity index (χ0) is 15.7. The van der Waals surface area contributed by atoms with Gasteiger partial charge in [-0.15, -0.1) is 0 Å². The van der Waals surface area contributed by atoms with Gasteiger partial charge in [-0.05, 0) is 20.3 Å². The molecule has 1 N–H and O–H groups in total. The Balaban J connectivity index is 2.97. The van der Waals surface area contributed by atoms with E-state index < -0.39 is 0 Å². The summed E-state index contributed by atoms with van der Waals surface area (Å²) in [5, 5.41) is 3.23. The summed E-state index contributed by atoms with van der Waals surface area (Å²) in [6.07, 6.45) is 2.90. The lowest BCUT2D eigenvalue weighted by atomic mass is 10.2. The van der Waals surface area contributed by atoms with E-state index in [2.05, 4.69) is 34.0 Å². The van der Waals surface area contributed by atoms with E-state index >= 15 is 0 Å². The van der Waals surface area contributed by atoms with Crippen LogP contribution in [0.15, 0.2) is 6.20 Å². The van der Waals surface area contributed by atoms with Gasteiger partial charge in [0.15, 0.2) is 0 Å². The minimum Gasteiger partial charge on any atom is -0.383 e. The Kier molecular flexibility index (Phi) is 8.00. The van der Waals surface area contributed by atoms with Crippen LogP contribution in [0.5, 0.6) is 0 Å². The number of hydrogen-bond donors (Lipinski definition) is 1. The quantitative estimate of drug-likeness (QED) is 0.713. The number of methoxy groups -OCH3 is 2. The predicted molar refractivity (Wildman–Crippen MR) is 86.1 cm³/mol. The maximum absolute atomic E-state index is 5.28. The summed E-state index contributed by atoms with van der Waals surface area (Å²) in [7, 11) is 3.42. The molecule has 1 heterocycles. The van der Waals surface area contributed by atoms with Crippen LogP contribution in [0.4, 0.5) is 11.8 Å². The van der Waals surface area contributed by atoms with Gasteiger partial charge in [0.25, 0.3) is 0 Å². The molecule has 6 heteroatoms. The molecule has 1 aromatic rings. The molecule has 0 saturated carbocycles. The third-order valence-corrected chi connectivity index (χ3v) is 3.23. The number of nitrogens with one attached hydrogen (secondary N) is 1. The molecule has 1 rings (SSSR count). The van der Waals surface area contributed by atoms with Gasteiger partial charge in [-0.25, -0.2) is 4.98 Å². The average Bonchev–Trinajstić information content (AvgIpc) is 2.48. The van der Waals surface area contributed by atoms with E-state index in [4.69, 9.17) is 9.47 Å². The van der Waals surface area contributed by atoms with Gasteiger partial charge in [0.2, 0.25) is 5.95 Å². The largest absolute Gasteiger partial charge is 0.383 e. The summed E-state index contributed by atoms with van der Waals surface area (Å²) in [4.78, 5) is 11.2. The molecular weight excluding hydrogens is 268 g/mol. The molecule has 0 aromatic carbocycles. The fraction of sp³-hybridized carbons (Fsp3) is 0.733. The van der Waals surface area contributed by atoms with Crippen LogP contribution >= 0.6 is 0 Å². The number of hydrogen-bond acceptors (Lipinski definition) is 6. The summed E-state index contributed by atoms with van der Waals surface area (Å²) >= 11 is 0. The van der Waals surface area contributed by atoms with Crippen molar-refractivity contribution in [3.63, 3.8) is 0 Å². The fourth-order valence-electron chi connectivity index (χ4n) is 2.10. The number of aryl methyl sites for hydroxylation is 1. The standard InChI is InChI=1S/C15H28N4O2/c1-6-7-16-15-17-10-12(2)14(18-15)19(8-9-20-4)13(3)11-21-5/h10,13H,6-9,11H2,1-5H3,(H,16,17,18). The van der Waals surface area contributed by atoms with E-state index in [1.165, 1.54) is 0 Å². The Labute approximate surface area is 127 Å². The molecule has 0 radical (unpaired) electrons. The minimum absolute atomic E-state index is 0.220. The number of ether oxygens (including phenoxy) is 2. The Morgan fingerprint density at radius 2 is 2.10 bits per heavy atom. The van der Waals surface area contributed by atoms with Gasteiger partial charge < -0.3 is 19.7 Å². The molecule has 0 aliphatic heterocycles. The third kappa shape index (κ3) is 5.47. The van der Waals surface area contributed by atoms with E-state index in [0.29, 0.717) is 19.2 Å². The van der Waals surface area contributed by atoms with Gasteiger partial charge in [-0.1, -0.05) is 6.92 Å². The summed E-state index contributed by atoms with van der Waals surface area (Å²) < 4.78 is 10.5. The van der Waals surface area contributed by atoms with Crippen molar-refractivity contribution in [2.75, 3.05) is 50.7 Å². The first-order valence-electron chi connectivity index (χ1n) is 7.46. The molecule has 0 fully saturated rings. The maximum atomic E-state index is 5.28. The zero-order valence-corrected chi connectivity index (χ0v) is 13.8. The highest BCUT2D eigenvalue weighted by molar-refractivity contribution is 5.49. The minimum atomic E-state index is 0.220. The highest BCUT2D eigenvalue weighted by Crippen LogP contribution is 2.20. The van der Waals surface area contributed by atoms with Crippen LogP contribution in [-0.4, -0.2) is 56.5 Å². The number of aromatic nitrogens is 2. The second-order valence-electron chi connectivity index (χ2n) is 5.12. The first-order chi connectivity index (χ1) is 10.1. The summed E-state index contributed by atoms with van der Waals surface area (Å²) in [6, 6.07) is 0.220. The molecule has 0 bridgehead atoms. The second kappa shape index (κ2) is 9.52. The van der Waals surface area contributed by atoms with Crippen molar-refractivity contribution in [1.82, 2.24) is 9.97 Å². The summed E-state index contributed by atoms with van der Waals surface area (Å²) in [6.45, 7) is 9.20. The van der Waals surface area contributed by atoms with E-state index in [9.17, 15) is 0 Å². The van der Waals surface area contributed by atoms with Crippen LogP contribution in [0.1, 0.15) is 25.8 Å². The van der Waals surface area contributed by atoms with Gasteiger partial charge in [0, 0.05) is 39.1 Å². The number of nitrogens with zero attached hydrogens (tertiary/aromatic N) is 3. The second-order valence-corrected chi connectivity index (χ2v) is 5.12. The van der Waals surface area contributed by atoms with Crippen molar-refractivity contribution in [3.8, 4) is 0 Å². The van der Waals surface area contributed by atoms with Crippen molar-refractivity contribution < 1.29 is 9.47 Å². The van der Waals surface area contributed by atoms with Crippen LogP contribution in [-0.2, 0) is 9.47 Å². The fourth-order valence-corrected chi connectivity index (χ4v) is 2.10. The highest BCUT2D eigenvalue weighted by atomic mass is 16.5. The first-order valence-corrected chi connectivity index (χ1v) is 7.46. The molecule has 1 aromatic heterocycles. The molecule has 0 amide bonds. The monoisotopic (exact) mass is 296 g/mol. The smallest absolute Gasteiger partial charge is 0.224 e. The van der Waals surface area contributed by atoms with E-state index in [-0.39, 0.29) is 6.04 Å². The van der Waals surface area contributed by atoms with Crippen LogP contribution < -0.4 is 10.2 Å². The van der Waals surface area contributed by atoms with Gasteiger partial charge in [0.05, 0.1) is 19.3 Å². The molecule has 0 aliphatic rings. The van der Waals surface area contributed by atoms with Gasteiger partial charge >= 0.3 is 0 Å². The Morgan fingerprint density at radius 1 is 1.33 bits per heavy atom. The average molecular weight is 296 g/mol. The molecule has 0 aliphatic carbocycles. The molecule has 0 spiro atoms. The molecule has 21 heavy (non-hydrogen) atoms. The molecule has 120 valence electrons. The zero-order valence-electron chi connectivity index (χ0n) is 13.8. The van der Waals surface area contributed by atoms with Crippen LogP contribution in [0, 0.1) is 6.92 Å². The lowest BCUT2D eigenvalue weighted by Crippen LogP contribution is -2.39. The SMILES string of the molecule is CCCNc1ncc(C)c(N(CCOC)C(C)COC)n1. The molecule has 1 unspecified atom stereocenters. The van der Waals surface area contributed by atoms with Crippen molar-refractivity contribution in [1.29, 1.82) is 0 Å². The van der Waals surface area contributed by atoms with Gasteiger partial charge in [-0.3, -0.25) is 0 Å². The Bertz CT molecular complexity index is 415. The van der Waals surface area contributed by atoms with Gasteiger partial charge in [0.1, 0.15) is 5.82 Å². The molecule has 1 atom stereocenters. The lowest BCUT2D eigenvalue weighted by molar-refractivity contribution is 0.170. The topological polar surface area (TPSA) is 59.5 Å². The van der Waals surface area contributed by atoms with Crippen molar-refractivity contribution in [3.05, 3.63) is 11.8 Å². The van der Waals surface area contributed by atoms with Crippen molar-refractivity contribution >= 4 is 11.8 Å². The first kappa shape index (κ1) is 17.7. The van der Waals surface area contributed by atoms with Crippen LogP contribution in [0.2, 0.25) is 0 Å². The lowest BCUT2D eigenvalue weighted by Gasteiger charge is -2.31. The third-order valence-electron chi connectivity index (χ3n) is 3.23. The van der Waals surface area contributed by atoms with Crippen molar-refractivity contribution in [2.24, 2.45) is 0 Å². The van der Waals surface area contributed by atoms with Gasteiger partial charge in [-0.2, -0.15) is 4.98 Å². The van der Waals surface area contributed by atoms with Crippen molar-refractivity contribution in [2.45, 2.75) is 33.2 Å². The maximum Gasteiger partial charge on any atom is 0.224 e. The normalized spacial score (nSPS) is 12.2. The molecule has 6 nitrogen and oxygen atoms in total. The van der Waals surface area contributed by atoms with Crippen LogP contribution in [0.25, 0.3) is 0 Å². The van der Waals surface area contributed by atoms with E-state index in [0.717, 1.165) is 30.9 Å². The van der Waals surface area contributed by atoms with Crippen LogP contribution in [0.3, 0.4) is 0 Å². The molecule has 0 saturated heterocycles. The number of rotatable bonds is 10. The summed E-state index contributed by atoms with van der Waals surface area (Å²) in [5.41, 5.74) is 1.05. The predicted octanol–water partition coefficient (Wildman–Crippen LogP) is 2.09. The molecular formula is C15H28N4O2.